The fraction of sp³-hybridized carbons (Fsp3) is 0.429. The first kappa shape index (κ1) is 6.36. The van der Waals surface area contributed by atoms with Gasteiger partial charge in [-0.3, -0.25) is 0 Å². The van der Waals surface area contributed by atoms with Crippen LogP contribution in [0.2, 0.25) is 0 Å². The molecule has 2 nitrogen and oxygen atoms in total. The molecule has 1 heterocycles. The Bertz CT molecular complexity index is 170. The highest BCUT2D eigenvalue weighted by Crippen LogP contribution is 2.06. The Morgan fingerprint density at radius 2 is 2.22 bits per heavy atom. The van der Waals surface area contributed by atoms with Crippen LogP contribution in [-0.4, -0.2) is 11.3 Å². The Morgan fingerprint density at radius 1 is 1.56 bits per heavy atom. The van der Waals surface area contributed by atoms with E-state index in [-0.39, 0.29) is 0 Å². The van der Waals surface area contributed by atoms with Crippen LogP contribution in [0.5, 0.6) is 0 Å². The van der Waals surface area contributed by atoms with Crippen molar-refractivity contribution in [1.82, 2.24) is 5.32 Å². The third kappa shape index (κ3) is 1.57. The van der Waals surface area contributed by atoms with Crippen molar-refractivity contribution in [3.8, 4) is 0 Å². The summed E-state index contributed by atoms with van der Waals surface area (Å²) in [7, 11) is 0. The van der Waals surface area contributed by atoms with Crippen LogP contribution in [0.15, 0.2) is 23.4 Å². The molecule has 2 N–H and O–H groups in total. The van der Waals surface area contributed by atoms with Gasteiger partial charge >= 0.3 is 0 Å². The summed E-state index contributed by atoms with van der Waals surface area (Å²) >= 11 is 0. The van der Waals surface area contributed by atoms with Crippen molar-refractivity contribution in [1.29, 1.82) is 0 Å². The Kier molecular flexibility index (Phi) is 1.58. The Morgan fingerprint density at radius 3 is 2.67 bits per heavy atom. The van der Waals surface area contributed by atoms with Crippen LogP contribution < -0.4 is 5.32 Å². The summed E-state index contributed by atoms with van der Waals surface area (Å²) in [4.78, 5) is 0. The molecule has 0 spiro atoms. The van der Waals surface area contributed by atoms with Crippen LogP contribution in [0, 0.1) is 0 Å². The van der Waals surface area contributed by atoms with E-state index in [2.05, 4.69) is 5.32 Å². The van der Waals surface area contributed by atoms with Gasteiger partial charge < -0.3 is 10.4 Å². The van der Waals surface area contributed by atoms with E-state index in [9.17, 15) is 0 Å². The normalized spacial score (nSPS) is 26.3. The highest BCUT2D eigenvalue weighted by molar-refractivity contribution is 5.25. The van der Waals surface area contributed by atoms with Crippen LogP contribution in [-0.2, 0) is 0 Å². The molecule has 1 aliphatic rings. The Labute approximate surface area is 54.9 Å². The quantitative estimate of drug-likeness (QED) is 0.501. The highest BCUT2D eigenvalue weighted by Gasteiger charge is 2.03. The van der Waals surface area contributed by atoms with Gasteiger partial charge in [0.25, 0.3) is 0 Å². The van der Waals surface area contributed by atoms with Gasteiger partial charge in [-0.05, 0) is 31.6 Å². The fourth-order valence-electron chi connectivity index (χ4n) is 0.955. The summed E-state index contributed by atoms with van der Waals surface area (Å²) in [6.45, 7) is 3.90. The molecule has 0 radical (unpaired) electrons. The van der Waals surface area contributed by atoms with Crippen molar-refractivity contribution < 1.29 is 5.11 Å². The number of aliphatic hydroxyl groups is 1. The lowest BCUT2D eigenvalue weighted by atomic mass is 10.2. The monoisotopic (exact) mass is 125 g/mol. The predicted octanol–water partition coefficient (Wildman–Crippen LogP) is 0.758. The van der Waals surface area contributed by atoms with E-state index < -0.39 is 6.23 Å². The molecule has 0 aromatic heterocycles. The third-order valence-corrected chi connectivity index (χ3v) is 1.24. The second-order valence-electron chi connectivity index (χ2n) is 2.33. The van der Waals surface area contributed by atoms with Gasteiger partial charge in [0.05, 0.1) is 0 Å². The summed E-state index contributed by atoms with van der Waals surface area (Å²) in [6.07, 6.45) is 3.27. The Balaban J connectivity index is 2.74. The summed E-state index contributed by atoms with van der Waals surface area (Å²) in [5.74, 6) is 0. The first-order valence-corrected chi connectivity index (χ1v) is 3.00. The van der Waals surface area contributed by atoms with Gasteiger partial charge in [-0.1, -0.05) is 0 Å². The van der Waals surface area contributed by atoms with Crippen molar-refractivity contribution in [3.05, 3.63) is 23.4 Å². The lowest BCUT2D eigenvalue weighted by Crippen LogP contribution is -2.27. The molecule has 1 unspecified atom stereocenters. The minimum absolute atomic E-state index is 0.491. The van der Waals surface area contributed by atoms with Crippen LogP contribution in [0.3, 0.4) is 0 Å². The molecule has 0 amide bonds. The second kappa shape index (κ2) is 2.23. The molecule has 0 aliphatic carbocycles. The van der Waals surface area contributed by atoms with Crippen LogP contribution in [0.1, 0.15) is 13.8 Å². The van der Waals surface area contributed by atoms with E-state index in [1.54, 1.807) is 6.08 Å². The highest BCUT2D eigenvalue weighted by atomic mass is 16.3. The molecule has 0 aromatic carbocycles. The molecule has 0 aromatic rings. The van der Waals surface area contributed by atoms with Gasteiger partial charge in [0.15, 0.2) is 0 Å². The molecule has 0 saturated heterocycles. The fourth-order valence-corrected chi connectivity index (χ4v) is 0.955. The van der Waals surface area contributed by atoms with Crippen LogP contribution in [0.4, 0.5) is 0 Å². The van der Waals surface area contributed by atoms with Gasteiger partial charge in [0.2, 0.25) is 0 Å². The summed E-state index contributed by atoms with van der Waals surface area (Å²) in [5.41, 5.74) is 2.13. The van der Waals surface area contributed by atoms with Crippen LogP contribution in [0.25, 0.3) is 0 Å². The average Bonchev–Trinajstić information content (AvgIpc) is 1.59. The van der Waals surface area contributed by atoms with Gasteiger partial charge in [-0.2, -0.15) is 0 Å². The smallest absolute Gasteiger partial charge is 0.144 e. The van der Waals surface area contributed by atoms with Gasteiger partial charge in [0, 0.05) is 5.70 Å². The van der Waals surface area contributed by atoms with E-state index >= 15 is 0 Å². The maximum atomic E-state index is 9.02. The zero-order valence-electron chi connectivity index (χ0n) is 5.68. The second-order valence-corrected chi connectivity index (χ2v) is 2.33. The number of rotatable bonds is 0. The average molecular weight is 125 g/mol. The minimum atomic E-state index is -0.491. The van der Waals surface area contributed by atoms with Gasteiger partial charge in [-0.15, -0.1) is 0 Å². The van der Waals surface area contributed by atoms with Crippen LogP contribution >= 0.6 is 0 Å². The molecule has 1 atom stereocenters. The lowest BCUT2D eigenvalue weighted by molar-refractivity contribution is 0.195. The number of allylic oxidation sites excluding steroid dienone is 3. The first-order valence-electron chi connectivity index (χ1n) is 3.00. The van der Waals surface area contributed by atoms with E-state index in [0.29, 0.717) is 0 Å². The number of nitrogens with one attached hydrogen (secondary N) is 1. The molecule has 1 rings (SSSR count). The topological polar surface area (TPSA) is 32.3 Å². The Hall–Kier alpha value is -0.760. The van der Waals surface area contributed by atoms with E-state index in [0.717, 1.165) is 11.3 Å². The maximum Gasteiger partial charge on any atom is 0.144 e. The third-order valence-electron chi connectivity index (χ3n) is 1.24. The predicted molar refractivity (Wildman–Crippen MR) is 36.7 cm³/mol. The maximum absolute atomic E-state index is 9.02. The number of aliphatic hydroxyl groups excluding tert-OH is 1. The summed E-state index contributed by atoms with van der Waals surface area (Å²) in [6, 6.07) is 0. The summed E-state index contributed by atoms with van der Waals surface area (Å²) in [5, 5.41) is 11.9. The molecule has 0 saturated carbocycles. The van der Waals surface area contributed by atoms with Crippen molar-refractivity contribution in [2.24, 2.45) is 0 Å². The van der Waals surface area contributed by atoms with E-state index in [4.69, 9.17) is 5.11 Å². The molecule has 9 heavy (non-hydrogen) atoms. The van der Waals surface area contributed by atoms with Crippen molar-refractivity contribution in [3.63, 3.8) is 0 Å². The minimum Gasteiger partial charge on any atom is -0.370 e. The largest absolute Gasteiger partial charge is 0.370 e. The molecule has 1 aliphatic heterocycles. The number of hydrogen-bond acceptors (Lipinski definition) is 2. The van der Waals surface area contributed by atoms with Crippen molar-refractivity contribution in [2.45, 2.75) is 20.1 Å². The molecule has 0 fully saturated rings. The van der Waals surface area contributed by atoms with Gasteiger partial charge in [-0.25, -0.2) is 0 Å². The zero-order valence-corrected chi connectivity index (χ0v) is 5.68. The molecule has 50 valence electrons. The van der Waals surface area contributed by atoms with E-state index in [1.165, 1.54) is 0 Å². The lowest BCUT2D eigenvalue weighted by Gasteiger charge is -2.15. The van der Waals surface area contributed by atoms with Crippen molar-refractivity contribution >= 4 is 0 Å². The molecular weight excluding hydrogens is 114 g/mol. The standard InChI is InChI=1S/C7H11NO/c1-5-3-6(2)8-7(9)4-5/h3-4,7-9H,1-2H3. The first-order chi connectivity index (χ1) is 4.18. The molecule has 0 bridgehead atoms. The number of hydrogen-bond donors (Lipinski definition) is 2. The molecular formula is C7H11NO. The van der Waals surface area contributed by atoms with Gasteiger partial charge in [0.1, 0.15) is 6.23 Å². The van der Waals surface area contributed by atoms with E-state index in [1.807, 2.05) is 19.9 Å². The summed E-state index contributed by atoms with van der Waals surface area (Å²) < 4.78 is 0. The zero-order chi connectivity index (χ0) is 6.85. The molecule has 2 heteroatoms. The number of dihydropyridines is 1. The SMILES string of the molecule is CC1=CC(O)NC(C)=C1. The van der Waals surface area contributed by atoms with Crippen molar-refractivity contribution in [2.75, 3.05) is 0 Å².